The average molecular weight is 539 g/mol. The number of imidazole rings is 1. The summed E-state index contributed by atoms with van der Waals surface area (Å²) in [5, 5.41) is 6.69. The van der Waals surface area contributed by atoms with E-state index >= 15 is 0 Å². The Bertz CT molecular complexity index is 1570. The number of benzene rings is 3. The number of nitrogens with zero attached hydrogens (tertiary/aromatic N) is 3. The molecule has 0 saturated carbocycles. The first kappa shape index (κ1) is 27.0. The van der Waals surface area contributed by atoms with Crippen LogP contribution < -0.4 is 21.1 Å². The van der Waals surface area contributed by atoms with Gasteiger partial charge in [-0.2, -0.15) is 0 Å². The van der Waals surface area contributed by atoms with Crippen LogP contribution in [0.25, 0.3) is 21.9 Å². The van der Waals surface area contributed by atoms with Gasteiger partial charge in [0.2, 0.25) is 0 Å². The largest absolute Gasteiger partial charge is 0.489 e. The number of nitrogens with one attached hydrogen (secondary N) is 2. The summed E-state index contributed by atoms with van der Waals surface area (Å²) in [7, 11) is 0. The molecule has 0 atom stereocenters. The summed E-state index contributed by atoms with van der Waals surface area (Å²) in [4.78, 5) is 21.7. The van der Waals surface area contributed by atoms with Gasteiger partial charge in [-0.25, -0.2) is 14.8 Å². The van der Waals surface area contributed by atoms with E-state index in [2.05, 4.69) is 20.2 Å². The number of ether oxygens (including phenoxy) is 2. The van der Waals surface area contributed by atoms with Crippen molar-refractivity contribution in [1.82, 2.24) is 19.9 Å². The second-order valence-corrected chi connectivity index (χ2v) is 9.42. The molecule has 0 fully saturated rings. The molecule has 0 bridgehead atoms. The third kappa shape index (κ3) is 6.50. The van der Waals surface area contributed by atoms with Crippen LogP contribution in [-0.4, -0.2) is 33.7 Å². The van der Waals surface area contributed by atoms with Crippen LogP contribution in [0.1, 0.15) is 31.2 Å². The van der Waals surface area contributed by atoms with Crippen molar-refractivity contribution in [3.63, 3.8) is 0 Å². The molecule has 5 aromatic rings. The number of aromatic nitrogens is 3. The number of pyridine rings is 1. The Morgan fingerprint density at radius 2 is 1.73 bits per heavy atom. The summed E-state index contributed by atoms with van der Waals surface area (Å²) >= 11 is 0. The van der Waals surface area contributed by atoms with Gasteiger partial charge in [0.05, 0.1) is 11.0 Å². The topological polar surface area (TPSA) is 116 Å². The van der Waals surface area contributed by atoms with Gasteiger partial charge in [-0.3, -0.25) is 0 Å². The fourth-order valence-corrected chi connectivity index (χ4v) is 4.60. The van der Waals surface area contributed by atoms with Crippen LogP contribution in [0.3, 0.4) is 0 Å². The fraction of sp³-hybridized carbons (Fsp3) is 0.258. The number of fused-ring (bicyclic) bond motifs is 3. The first-order valence-corrected chi connectivity index (χ1v) is 13.5. The summed E-state index contributed by atoms with van der Waals surface area (Å²) in [5.74, 6) is 1.93. The number of anilines is 2. The second-order valence-electron chi connectivity index (χ2n) is 9.42. The lowest BCUT2D eigenvalue weighted by atomic mass is 10.1. The lowest BCUT2D eigenvalue weighted by molar-refractivity contribution is 0.126. The van der Waals surface area contributed by atoms with Gasteiger partial charge < -0.3 is 30.4 Å². The molecule has 0 radical (unpaired) electrons. The first-order valence-electron chi connectivity index (χ1n) is 13.5. The van der Waals surface area contributed by atoms with Crippen LogP contribution in [0.4, 0.5) is 16.3 Å². The Morgan fingerprint density at radius 1 is 0.950 bits per heavy atom. The third-order valence-corrected chi connectivity index (χ3v) is 6.56. The van der Waals surface area contributed by atoms with Crippen LogP contribution in [0.2, 0.25) is 0 Å². The highest BCUT2D eigenvalue weighted by Gasteiger charge is 2.18. The van der Waals surface area contributed by atoms with E-state index in [4.69, 9.17) is 20.2 Å². The van der Waals surface area contributed by atoms with Gasteiger partial charge in [0.1, 0.15) is 30.3 Å². The minimum Gasteiger partial charge on any atom is -0.489 e. The van der Waals surface area contributed by atoms with Crippen LogP contribution >= 0.6 is 0 Å². The number of hydrogen-bond acceptors (Lipinski definition) is 6. The number of carbonyl (C=O) groups excluding carboxylic acids is 1. The maximum Gasteiger partial charge on any atom is 0.319 e. The number of nitrogens with two attached hydrogens (primary N) is 1. The number of rotatable bonds is 12. The lowest BCUT2D eigenvalue weighted by Gasteiger charge is -2.13. The smallest absolute Gasteiger partial charge is 0.319 e. The minimum atomic E-state index is -0.218. The summed E-state index contributed by atoms with van der Waals surface area (Å²) in [6.07, 6.45) is 1.62. The number of aryl methyl sites for hydroxylation is 1. The van der Waals surface area contributed by atoms with Crippen molar-refractivity contribution >= 4 is 39.5 Å². The molecule has 2 aromatic heterocycles. The van der Waals surface area contributed by atoms with Crippen molar-refractivity contribution in [2.24, 2.45) is 0 Å². The number of amides is 2. The molecule has 2 amide bonds. The molecule has 0 aliphatic heterocycles. The zero-order valence-electron chi connectivity index (χ0n) is 22.6. The highest BCUT2D eigenvalue weighted by atomic mass is 16.5. The van der Waals surface area contributed by atoms with Crippen molar-refractivity contribution in [2.75, 3.05) is 24.2 Å². The Balaban J connectivity index is 1.34. The number of para-hydroxylation sites is 1. The van der Waals surface area contributed by atoms with Crippen molar-refractivity contribution in [1.29, 1.82) is 0 Å². The Morgan fingerprint density at radius 3 is 2.50 bits per heavy atom. The van der Waals surface area contributed by atoms with Crippen LogP contribution in [0.5, 0.6) is 5.75 Å². The highest BCUT2D eigenvalue weighted by Crippen LogP contribution is 2.32. The summed E-state index contributed by atoms with van der Waals surface area (Å²) in [5.41, 5.74) is 10.6. The zero-order chi connectivity index (χ0) is 27.7. The van der Waals surface area contributed by atoms with Gasteiger partial charge in [-0.15, -0.1) is 0 Å². The van der Waals surface area contributed by atoms with E-state index in [1.165, 1.54) is 0 Å². The molecule has 9 heteroatoms. The molecule has 0 unspecified atom stereocenters. The van der Waals surface area contributed by atoms with E-state index in [1.54, 1.807) is 0 Å². The monoisotopic (exact) mass is 538 g/mol. The zero-order valence-corrected chi connectivity index (χ0v) is 22.6. The predicted molar refractivity (Wildman–Crippen MR) is 158 cm³/mol. The first-order chi connectivity index (χ1) is 19.6. The number of nitrogen functional groups attached to an aromatic ring is 1. The van der Waals surface area contributed by atoms with Crippen LogP contribution in [0.15, 0.2) is 78.9 Å². The highest BCUT2D eigenvalue weighted by molar-refractivity contribution is 6.07. The molecule has 0 spiro atoms. The molecular formula is C31H34N6O3. The molecule has 0 aliphatic carbocycles. The number of unbranched alkanes of at least 4 members (excludes halogenated alkanes) is 1. The minimum absolute atomic E-state index is 0.218. The predicted octanol–water partition coefficient (Wildman–Crippen LogP) is 5.88. The molecule has 40 heavy (non-hydrogen) atoms. The Labute approximate surface area is 233 Å². The number of carbonyl (C=O) groups is 1. The van der Waals surface area contributed by atoms with Crippen LogP contribution in [0, 0.1) is 0 Å². The molecule has 0 saturated heterocycles. The van der Waals surface area contributed by atoms with Crippen molar-refractivity contribution in [3.8, 4) is 5.75 Å². The van der Waals surface area contributed by atoms with Crippen molar-refractivity contribution in [2.45, 2.75) is 39.5 Å². The maximum atomic E-state index is 12.2. The molecule has 4 N–H and O–H groups in total. The molecule has 0 aliphatic rings. The van der Waals surface area contributed by atoms with Gasteiger partial charge in [0.25, 0.3) is 0 Å². The van der Waals surface area contributed by atoms with Gasteiger partial charge in [0.15, 0.2) is 5.82 Å². The van der Waals surface area contributed by atoms with Crippen LogP contribution in [-0.2, 0) is 24.5 Å². The Hall–Kier alpha value is -4.63. The number of urea groups is 1. The molecular weight excluding hydrogens is 504 g/mol. The van der Waals surface area contributed by atoms with Gasteiger partial charge in [-0.1, -0.05) is 48.5 Å². The molecule has 9 nitrogen and oxygen atoms in total. The average Bonchev–Trinajstić information content (AvgIpc) is 3.35. The fourth-order valence-electron chi connectivity index (χ4n) is 4.60. The van der Waals surface area contributed by atoms with Gasteiger partial charge >= 0.3 is 6.03 Å². The molecule has 2 heterocycles. The summed E-state index contributed by atoms with van der Waals surface area (Å²) in [6.45, 7) is 4.62. The standard InChI is InChI=1S/C31H34N6O3/c1-2-39-21-27-36-28-29(37(27)18-10-9-17-33-31(38)34-23-13-7-4-8-14-23)25-19-24(15-16-26(25)35-30(28)32)40-20-22-11-5-3-6-12-22/h3-8,11-16,19H,2,9-10,17-18,20-21H2,1H3,(H2,32,35)(H2,33,34,38). The summed E-state index contributed by atoms with van der Waals surface area (Å²) < 4.78 is 14.0. The number of hydrogen-bond donors (Lipinski definition) is 3. The van der Waals surface area contributed by atoms with E-state index in [-0.39, 0.29) is 6.03 Å². The third-order valence-electron chi connectivity index (χ3n) is 6.56. The van der Waals surface area contributed by atoms with E-state index < -0.39 is 0 Å². The molecule has 5 rings (SSSR count). The molecule has 206 valence electrons. The van der Waals surface area contributed by atoms with Gasteiger partial charge in [-0.05, 0) is 55.7 Å². The second kappa shape index (κ2) is 12.9. The maximum absolute atomic E-state index is 12.2. The Kier molecular flexibility index (Phi) is 8.73. The van der Waals surface area contributed by atoms with E-state index in [1.807, 2.05) is 85.8 Å². The normalized spacial score (nSPS) is 11.1. The summed E-state index contributed by atoms with van der Waals surface area (Å²) in [6, 6.07) is 25.1. The molecule has 3 aromatic carbocycles. The quantitative estimate of drug-likeness (QED) is 0.171. The van der Waals surface area contributed by atoms with E-state index in [0.29, 0.717) is 44.2 Å². The van der Waals surface area contributed by atoms with Crippen molar-refractivity contribution in [3.05, 3.63) is 90.3 Å². The lowest BCUT2D eigenvalue weighted by Crippen LogP contribution is -2.29. The van der Waals surface area contributed by atoms with E-state index in [0.717, 1.165) is 52.1 Å². The van der Waals surface area contributed by atoms with E-state index in [9.17, 15) is 4.79 Å². The SMILES string of the molecule is CCOCc1nc2c(N)nc3ccc(OCc4ccccc4)cc3c2n1CCCCNC(=O)Nc1ccccc1. The van der Waals surface area contributed by atoms with Gasteiger partial charge in [0, 0.05) is 30.8 Å². The van der Waals surface area contributed by atoms with Crippen molar-refractivity contribution < 1.29 is 14.3 Å².